The van der Waals surface area contributed by atoms with Crippen molar-refractivity contribution in [1.29, 1.82) is 0 Å². The van der Waals surface area contributed by atoms with Crippen LogP contribution in [0.2, 0.25) is 0 Å². The van der Waals surface area contributed by atoms with E-state index in [9.17, 15) is 9.18 Å². The van der Waals surface area contributed by atoms with Crippen LogP contribution in [-0.2, 0) is 4.79 Å². The average molecular weight is 144 g/mol. The largest absolute Gasteiger partial charge is 0.480 e. The smallest absolute Gasteiger partial charge is 0.323 e. The molecule has 0 unspecified atom stereocenters. The van der Waals surface area contributed by atoms with Gasteiger partial charge in [-0.25, -0.2) is 4.39 Å². The zero-order chi connectivity index (χ0) is 5.86. The number of rotatable bonds is 2. The number of hydrogen-bond acceptors (Lipinski definition) is 2. The standard InChI is InChI=1S/C3H6FNO2.ClH/c4-1-2(5)3(6)7;/h2H,1,5H2,(H,6,7);1H/t2-;/m1./s1. The monoisotopic (exact) mass is 143 g/mol. The molecule has 0 aromatic heterocycles. The van der Waals surface area contributed by atoms with Crippen molar-refractivity contribution in [3.05, 3.63) is 0 Å². The molecule has 5 heteroatoms. The van der Waals surface area contributed by atoms with E-state index >= 15 is 0 Å². The molecule has 8 heavy (non-hydrogen) atoms. The normalized spacial score (nSPS) is 11.8. The molecule has 50 valence electrons. The van der Waals surface area contributed by atoms with Gasteiger partial charge in [-0.3, -0.25) is 4.79 Å². The fourth-order valence-corrected chi connectivity index (χ4v) is 0.0660. The zero-order valence-electron chi connectivity index (χ0n) is 4.00. The molecule has 0 aromatic carbocycles. The lowest BCUT2D eigenvalue weighted by Crippen LogP contribution is -2.31. The van der Waals surface area contributed by atoms with E-state index in [1.54, 1.807) is 0 Å². The molecule has 3 nitrogen and oxygen atoms in total. The number of carbonyl (C=O) groups is 1. The molecular weight excluding hydrogens is 136 g/mol. The van der Waals surface area contributed by atoms with E-state index in [1.807, 2.05) is 0 Å². The molecular formula is C3H7ClFNO2. The number of carboxylic acids is 1. The number of nitrogens with two attached hydrogens (primary N) is 1. The first kappa shape index (κ1) is 10.6. The van der Waals surface area contributed by atoms with Crippen molar-refractivity contribution in [2.75, 3.05) is 6.67 Å². The Hall–Kier alpha value is -0.350. The molecule has 0 saturated carbocycles. The predicted molar refractivity (Wildman–Crippen MR) is 28.8 cm³/mol. The highest BCUT2D eigenvalue weighted by atomic mass is 35.5. The molecule has 3 N–H and O–H groups in total. The van der Waals surface area contributed by atoms with E-state index in [0.29, 0.717) is 0 Å². The second-order valence-corrected chi connectivity index (χ2v) is 1.10. The summed E-state index contributed by atoms with van der Waals surface area (Å²) < 4.78 is 11.1. The summed E-state index contributed by atoms with van der Waals surface area (Å²) in [6.07, 6.45) is 0. The molecule has 0 bridgehead atoms. The van der Waals surface area contributed by atoms with Crippen LogP contribution in [0.15, 0.2) is 0 Å². The van der Waals surface area contributed by atoms with E-state index < -0.39 is 18.7 Å². The Labute approximate surface area is 52.1 Å². The maximum atomic E-state index is 11.1. The summed E-state index contributed by atoms with van der Waals surface area (Å²) in [7, 11) is 0. The summed E-state index contributed by atoms with van der Waals surface area (Å²) in [6.45, 7) is -1.00. The van der Waals surface area contributed by atoms with Gasteiger partial charge in [-0.1, -0.05) is 0 Å². The van der Waals surface area contributed by atoms with Gasteiger partial charge >= 0.3 is 5.97 Å². The van der Waals surface area contributed by atoms with Crippen LogP contribution in [0.25, 0.3) is 0 Å². The van der Waals surface area contributed by atoms with E-state index in [1.165, 1.54) is 0 Å². The first-order valence-electron chi connectivity index (χ1n) is 1.73. The van der Waals surface area contributed by atoms with E-state index in [2.05, 4.69) is 5.73 Å². The number of hydrogen-bond donors (Lipinski definition) is 2. The van der Waals surface area contributed by atoms with Gasteiger partial charge in [-0.15, -0.1) is 12.4 Å². The molecule has 0 heterocycles. The van der Waals surface area contributed by atoms with Crippen molar-refractivity contribution in [1.82, 2.24) is 0 Å². The Morgan fingerprint density at radius 3 is 2.25 bits per heavy atom. The minimum atomic E-state index is -1.35. The molecule has 0 spiro atoms. The van der Waals surface area contributed by atoms with Gasteiger partial charge in [-0.05, 0) is 0 Å². The number of alkyl halides is 1. The Morgan fingerprint density at radius 2 is 2.25 bits per heavy atom. The lowest BCUT2D eigenvalue weighted by atomic mass is 10.4. The first-order chi connectivity index (χ1) is 3.18. The number of aliphatic carboxylic acids is 1. The van der Waals surface area contributed by atoms with E-state index in [4.69, 9.17) is 5.11 Å². The molecule has 0 aliphatic rings. The third-order valence-electron chi connectivity index (χ3n) is 0.483. The van der Waals surface area contributed by atoms with Crippen LogP contribution < -0.4 is 5.73 Å². The minimum Gasteiger partial charge on any atom is -0.480 e. The highest BCUT2D eigenvalue weighted by molar-refractivity contribution is 5.85. The molecule has 1 atom stereocenters. The summed E-state index contributed by atoms with van der Waals surface area (Å²) >= 11 is 0. The van der Waals surface area contributed by atoms with Gasteiger partial charge in [0.1, 0.15) is 12.7 Å². The van der Waals surface area contributed by atoms with Gasteiger partial charge < -0.3 is 10.8 Å². The Bertz CT molecular complexity index is 79.7. The van der Waals surface area contributed by atoms with Crippen LogP contribution in [0, 0.1) is 0 Å². The third-order valence-corrected chi connectivity index (χ3v) is 0.483. The molecule has 0 aromatic rings. The third kappa shape index (κ3) is 3.83. The molecule has 0 fully saturated rings. The molecule has 0 rings (SSSR count). The summed E-state index contributed by atoms with van der Waals surface area (Å²) in [5.41, 5.74) is 4.64. The van der Waals surface area contributed by atoms with Crippen molar-refractivity contribution in [2.24, 2.45) is 5.73 Å². The number of halogens is 2. The average Bonchev–Trinajstić information content (AvgIpc) is 1.65. The second-order valence-electron chi connectivity index (χ2n) is 1.10. The zero-order valence-corrected chi connectivity index (χ0v) is 4.82. The highest BCUT2D eigenvalue weighted by Crippen LogP contribution is 1.76. The van der Waals surface area contributed by atoms with Crippen molar-refractivity contribution >= 4 is 18.4 Å². The van der Waals surface area contributed by atoms with Gasteiger partial charge in [0, 0.05) is 0 Å². The Balaban J connectivity index is 0. The summed E-state index contributed by atoms with van der Waals surface area (Å²) in [4.78, 5) is 9.57. The maximum Gasteiger partial charge on any atom is 0.323 e. The van der Waals surface area contributed by atoms with Crippen LogP contribution in [0.4, 0.5) is 4.39 Å². The molecule has 0 aliphatic heterocycles. The quantitative estimate of drug-likeness (QED) is 0.562. The fourth-order valence-electron chi connectivity index (χ4n) is 0.0660. The van der Waals surface area contributed by atoms with Crippen LogP contribution >= 0.6 is 12.4 Å². The van der Waals surface area contributed by atoms with E-state index in [-0.39, 0.29) is 12.4 Å². The van der Waals surface area contributed by atoms with Crippen molar-refractivity contribution in [3.8, 4) is 0 Å². The SMILES string of the molecule is Cl.N[C@H](CF)C(=O)O. The first-order valence-corrected chi connectivity index (χ1v) is 1.73. The molecule has 0 saturated heterocycles. The number of carboxylic acid groups (broad SMARTS) is 1. The topological polar surface area (TPSA) is 63.3 Å². The van der Waals surface area contributed by atoms with Crippen LogP contribution in [-0.4, -0.2) is 23.8 Å². The summed E-state index contributed by atoms with van der Waals surface area (Å²) in [5, 5.41) is 7.82. The predicted octanol–water partition coefficient (Wildman–Crippen LogP) is -0.210. The van der Waals surface area contributed by atoms with Crippen molar-refractivity contribution in [3.63, 3.8) is 0 Å². The minimum absolute atomic E-state index is 0. The molecule has 0 aliphatic carbocycles. The second kappa shape index (κ2) is 4.80. The highest BCUT2D eigenvalue weighted by Gasteiger charge is 2.08. The van der Waals surface area contributed by atoms with Crippen LogP contribution in [0.1, 0.15) is 0 Å². The van der Waals surface area contributed by atoms with Gasteiger partial charge in [-0.2, -0.15) is 0 Å². The van der Waals surface area contributed by atoms with Crippen molar-refractivity contribution in [2.45, 2.75) is 6.04 Å². The lowest BCUT2D eigenvalue weighted by Gasteiger charge is -1.94. The van der Waals surface area contributed by atoms with E-state index in [0.717, 1.165) is 0 Å². The maximum absolute atomic E-state index is 11.1. The van der Waals surface area contributed by atoms with Gasteiger partial charge in [0.2, 0.25) is 0 Å². The van der Waals surface area contributed by atoms with Gasteiger partial charge in [0.05, 0.1) is 0 Å². The lowest BCUT2D eigenvalue weighted by molar-refractivity contribution is -0.138. The summed E-state index contributed by atoms with van der Waals surface area (Å²) in [6, 6.07) is -1.35. The van der Waals surface area contributed by atoms with Crippen molar-refractivity contribution < 1.29 is 14.3 Å². The fraction of sp³-hybridized carbons (Fsp3) is 0.667. The molecule has 0 radical (unpaired) electrons. The Kier molecular flexibility index (Phi) is 6.36. The summed E-state index contributed by atoms with van der Waals surface area (Å²) in [5.74, 6) is -1.30. The van der Waals surface area contributed by atoms with Crippen LogP contribution in [0.3, 0.4) is 0 Å². The van der Waals surface area contributed by atoms with Gasteiger partial charge in [0.15, 0.2) is 0 Å². The van der Waals surface area contributed by atoms with Gasteiger partial charge in [0.25, 0.3) is 0 Å². The molecule has 0 amide bonds. The Morgan fingerprint density at radius 1 is 1.88 bits per heavy atom. The van der Waals surface area contributed by atoms with Crippen LogP contribution in [0.5, 0.6) is 0 Å².